The molecular formula is C27H38N2O5. The third-order valence-electron chi connectivity index (χ3n) is 6.15. The Morgan fingerprint density at radius 1 is 0.794 bits per heavy atom. The van der Waals surface area contributed by atoms with E-state index in [-0.39, 0.29) is 12.2 Å². The van der Waals surface area contributed by atoms with Gasteiger partial charge < -0.3 is 10.2 Å². The van der Waals surface area contributed by atoms with Crippen LogP contribution in [0.25, 0.3) is 0 Å². The van der Waals surface area contributed by atoms with Crippen LogP contribution in [0.2, 0.25) is 0 Å². The number of aromatic nitrogens is 1. The molecule has 186 valence electrons. The Hall–Kier alpha value is -2.96. The van der Waals surface area contributed by atoms with Crippen molar-refractivity contribution in [1.29, 1.82) is 0 Å². The summed E-state index contributed by atoms with van der Waals surface area (Å²) in [4.78, 5) is 26.3. The number of aromatic hydroxyl groups is 2. The third kappa shape index (κ3) is 10.8. The minimum atomic E-state index is -0.769. The Kier molecular flexibility index (Phi) is 12.7. The van der Waals surface area contributed by atoms with Gasteiger partial charge in [0.1, 0.15) is 5.78 Å². The Bertz CT molecular complexity index is 886. The fraction of sp³-hybridized carbons (Fsp3) is 0.556. The standard InChI is InChI=1S/C27H38N2O5/c30-24(19-23-20-25(29(33)34)27(32)26(31)21-23)14-12-10-8-6-4-2-1-3-5-7-9-11-13-22-15-17-28-18-16-22/h15-18,20-21,31-32H,1-14,19H2. The zero-order valence-corrected chi connectivity index (χ0v) is 20.1. The molecule has 0 aliphatic rings. The molecule has 0 saturated carbocycles. The first-order valence-corrected chi connectivity index (χ1v) is 12.6. The number of nitrogens with zero attached hydrogens (tertiary/aromatic N) is 2. The maximum atomic E-state index is 12.1. The van der Waals surface area contributed by atoms with E-state index in [1.54, 1.807) is 0 Å². The number of pyridine rings is 1. The molecule has 7 heteroatoms. The van der Waals surface area contributed by atoms with Crippen LogP contribution in [0.4, 0.5) is 5.69 Å². The minimum absolute atomic E-state index is 0.0137. The van der Waals surface area contributed by atoms with Gasteiger partial charge in [-0.25, -0.2) is 0 Å². The highest BCUT2D eigenvalue weighted by Crippen LogP contribution is 2.36. The molecule has 34 heavy (non-hydrogen) atoms. The number of phenolic OH excluding ortho intramolecular Hbond substituents is 2. The van der Waals surface area contributed by atoms with Gasteiger partial charge >= 0.3 is 5.69 Å². The van der Waals surface area contributed by atoms with Gasteiger partial charge in [-0.15, -0.1) is 0 Å². The Labute approximate surface area is 202 Å². The van der Waals surface area contributed by atoms with Crippen molar-refractivity contribution in [2.45, 2.75) is 96.3 Å². The van der Waals surface area contributed by atoms with E-state index in [4.69, 9.17) is 0 Å². The third-order valence-corrected chi connectivity index (χ3v) is 6.15. The van der Waals surface area contributed by atoms with E-state index in [1.165, 1.54) is 69.4 Å². The molecule has 0 amide bonds. The fourth-order valence-electron chi connectivity index (χ4n) is 4.19. The second-order valence-corrected chi connectivity index (χ2v) is 9.05. The topological polar surface area (TPSA) is 114 Å². The number of phenols is 2. The number of ketones is 1. The molecule has 0 unspecified atom stereocenters. The van der Waals surface area contributed by atoms with Gasteiger partial charge in [0, 0.05) is 31.3 Å². The van der Waals surface area contributed by atoms with E-state index in [1.807, 2.05) is 12.4 Å². The number of nitro groups is 1. The highest BCUT2D eigenvalue weighted by molar-refractivity contribution is 5.81. The van der Waals surface area contributed by atoms with E-state index in [9.17, 15) is 25.1 Å². The largest absolute Gasteiger partial charge is 0.504 e. The van der Waals surface area contributed by atoms with Crippen LogP contribution in [0.15, 0.2) is 36.7 Å². The highest BCUT2D eigenvalue weighted by Gasteiger charge is 2.19. The summed E-state index contributed by atoms with van der Waals surface area (Å²) in [5, 5.41) is 30.0. The molecule has 0 spiro atoms. The van der Waals surface area contributed by atoms with Crippen molar-refractivity contribution in [3.8, 4) is 11.5 Å². The quantitative estimate of drug-likeness (QED) is 0.107. The molecule has 7 nitrogen and oxygen atoms in total. The Morgan fingerprint density at radius 2 is 1.32 bits per heavy atom. The second kappa shape index (κ2) is 15.8. The number of aryl methyl sites for hydroxylation is 1. The fourth-order valence-corrected chi connectivity index (χ4v) is 4.19. The number of rotatable bonds is 18. The number of carbonyl (C=O) groups excluding carboxylic acids is 1. The van der Waals surface area contributed by atoms with E-state index in [0.717, 1.165) is 31.7 Å². The van der Waals surface area contributed by atoms with E-state index in [2.05, 4.69) is 17.1 Å². The molecule has 1 aromatic heterocycles. The number of carbonyl (C=O) groups is 1. The number of benzene rings is 1. The molecule has 0 atom stereocenters. The number of hydrogen-bond donors (Lipinski definition) is 2. The van der Waals surface area contributed by atoms with Crippen molar-refractivity contribution in [3.05, 3.63) is 57.9 Å². The van der Waals surface area contributed by atoms with Crippen molar-refractivity contribution >= 4 is 11.5 Å². The molecule has 1 aromatic carbocycles. The average molecular weight is 471 g/mol. The van der Waals surface area contributed by atoms with Crippen LogP contribution >= 0.6 is 0 Å². The number of Topliss-reactive ketones (excluding diaryl/α,β-unsaturated/α-hetero) is 1. The highest BCUT2D eigenvalue weighted by atomic mass is 16.6. The lowest BCUT2D eigenvalue weighted by Gasteiger charge is -2.05. The molecule has 2 rings (SSSR count). The first kappa shape index (κ1) is 27.3. The van der Waals surface area contributed by atoms with E-state index in [0.29, 0.717) is 12.0 Å². The van der Waals surface area contributed by atoms with Gasteiger partial charge in [0.05, 0.1) is 4.92 Å². The van der Waals surface area contributed by atoms with E-state index >= 15 is 0 Å². The lowest BCUT2D eigenvalue weighted by atomic mass is 10.0. The van der Waals surface area contributed by atoms with Gasteiger partial charge in [-0.05, 0) is 48.6 Å². The summed E-state index contributed by atoms with van der Waals surface area (Å²) in [6.45, 7) is 0. The second-order valence-electron chi connectivity index (χ2n) is 9.05. The summed E-state index contributed by atoms with van der Waals surface area (Å²) < 4.78 is 0. The van der Waals surface area contributed by atoms with Gasteiger partial charge in [-0.3, -0.25) is 19.9 Å². The van der Waals surface area contributed by atoms with E-state index < -0.39 is 22.1 Å². The smallest absolute Gasteiger partial charge is 0.314 e. The predicted octanol–water partition coefficient (Wildman–Crippen LogP) is 6.83. The SMILES string of the molecule is O=C(CCCCCCCCCCCCCCc1ccncc1)Cc1cc(O)c(O)c([N+](=O)[O-])c1. The molecule has 0 bridgehead atoms. The van der Waals surface area contributed by atoms with Gasteiger partial charge in [-0.1, -0.05) is 64.2 Å². The zero-order chi connectivity index (χ0) is 24.6. The summed E-state index contributed by atoms with van der Waals surface area (Å²) in [5.74, 6) is -1.35. The van der Waals surface area contributed by atoms with Gasteiger partial charge in [0.15, 0.2) is 5.75 Å². The first-order valence-electron chi connectivity index (χ1n) is 12.6. The van der Waals surface area contributed by atoms with Gasteiger partial charge in [0.25, 0.3) is 0 Å². The van der Waals surface area contributed by atoms with Crippen molar-refractivity contribution in [2.24, 2.45) is 0 Å². The van der Waals surface area contributed by atoms with Crippen LogP contribution in [0.1, 0.15) is 94.6 Å². The normalized spacial score (nSPS) is 10.9. The van der Waals surface area contributed by atoms with Crippen molar-refractivity contribution < 1.29 is 19.9 Å². The first-order chi connectivity index (χ1) is 16.5. The summed E-state index contributed by atoms with van der Waals surface area (Å²) in [5.41, 5.74) is 1.15. The van der Waals surface area contributed by atoms with Crippen molar-refractivity contribution in [2.75, 3.05) is 0 Å². The maximum absolute atomic E-state index is 12.1. The summed E-state index contributed by atoms with van der Waals surface area (Å²) >= 11 is 0. The number of hydrogen-bond acceptors (Lipinski definition) is 6. The zero-order valence-electron chi connectivity index (χ0n) is 20.1. The van der Waals surface area contributed by atoms with Crippen molar-refractivity contribution in [1.82, 2.24) is 4.98 Å². The molecule has 0 fully saturated rings. The van der Waals surface area contributed by atoms with Gasteiger partial charge in [-0.2, -0.15) is 0 Å². The molecule has 0 radical (unpaired) electrons. The average Bonchev–Trinajstić information content (AvgIpc) is 2.82. The molecule has 0 aliphatic carbocycles. The molecule has 0 aliphatic heterocycles. The molecule has 2 N–H and O–H groups in total. The molecular weight excluding hydrogens is 432 g/mol. The minimum Gasteiger partial charge on any atom is -0.504 e. The van der Waals surface area contributed by atoms with Crippen LogP contribution in [0.5, 0.6) is 11.5 Å². The van der Waals surface area contributed by atoms with Crippen LogP contribution in [0.3, 0.4) is 0 Å². The lowest BCUT2D eigenvalue weighted by Crippen LogP contribution is -2.03. The van der Waals surface area contributed by atoms with Crippen LogP contribution in [0, 0.1) is 10.1 Å². The summed E-state index contributed by atoms with van der Waals surface area (Å²) in [6.07, 6.45) is 19.8. The monoisotopic (exact) mass is 470 g/mol. The predicted molar refractivity (Wildman–Crippen MR) is 133 cm³/mol. The number of unbranched alkanes of at least 4 members (excludes halogenated alkanes) is 11. The Balaban J connectivity index is 1.41. The van der Waals surface area contributed by atoms with Crippen LogP contribution < -0.4 is 0 Å². The maximum Gasteiger partial charge on any atom is 0.314 e. The molecule has 0 saturated heterocycles. The Morgan fingerprint density at radius 3 is 1.88 bits per heavy atom. The van der Waals surface area contributed by atoms with Crippen molar-refractivity contribution in [3.63, 3.8) is 0 Å². The molecule has 1 heterocycles. The molecule has 2 aromatic rings. The van der Waals surface area contributed by atoms with Crippen LogP contribution in [-0.4, -0.2) is 25.9 Å². The lowest BCUT2D eigenvalue weighted by molar-refractivity contribution is -0.386. The van der Waals surface area contributed by atoms with Crippen LogP contribution in [-0.2, 0) is 17.6 Å². The summed E-state index contributed by atoms with van der Waals surface area (Å²) in [7, 11) is 0. The van der Waals surface area contributed by atoms with Gasteiger partial charge in [0.2, 0.25) is 5.75 Å². The summed E-state index contributed by atoms with van der Waals surface area (Å²) in [6, 6.07) is 6.55. The number of nitro benzene ring substituents is 1.